The first kappa shape index (κ1) is 15.3. The Labute approximate surface area is 131 Å². The maximum atomic E-state index is 9.06. The molecule has 0 spiro atoms. The number of rotatable bonds is 6. The minimum absolute atomic E-state index is 0.248. The molecule has 0 amide bonds. The summed E-state index contributed by atoms with van der Waals surface area (Å²) < 4.78 is 2.34. The Morgan fingerprint density at radius 3 is 2.77 bits per heavy atom. The van der Waals surface area contributed by atoms with Gasteiger partial charge >= 0.3 is 0 Å². The van der Waals surface area contributed by atoms with E-state index in [1.165, 1.54) is 29.6 Å². The van der Waals surface area contributed by atoms with Crippen LogP contribution in [-0.2, 0) is 25.8 Å². The molecule has 0 atom stereocenters. The van der Waals surface area contributed by atoms with E-state index in [4.69, 9.17) is 15.8 Å². The normalized spacial score (nSPS) is 14.5. The smallest absolute Gasteiger partial charge is 0.151 e. The zero-order chi connectivity index (χ0) is 15.5. The number of hydrogen-bond donors (Lipinski definition) is 2. The first-order chi connectivity index (χ1) is 10.8. The Morgan fingerprint density at radius 2 is 2.00 bits per heavy atom. The first-order valence-electron chi connectivity index (χ1n) is 8.53. The lowest BCUT2D eigenvalue weighted by atomic mass is 9.95. The van der Waals surface area contributed by atoms with Crippen LogP contribution < -0.4 is 5.73 Å². The summed E-state index contributed by atoms with van der Waals surface area (Å²) in [6, 6.07) is 0. The number of nitrogen functional groups attached to an aromatic ring is 1. The van der Waals surface area contributed by atoms with Crippen molar-refractivity contribution in [3.05, 3.63) is 17.1 Å². The summed E-state index contributed by atoms with van der Waals surface area (Å²) in [5, 5.41) is 9.06. The molecule has 0 unspecified atom stereocenters. The Balaban J connectivity index is 2.14. The first-order valence-corrected chi connectivity index (χ1v) is 8.53. The van der Waals surface area contributed by atoms with Gasteiger partial charge in [-0.05, 0) is 50.5 Å². The minimum Gasteiger partial charge on any atom is -0.396 e. The molecule has 120 valence electrons. The molecule has 22 heavy (non-hydrogen) atoms. The van der Waals surface area contributed by atoms with Crippen LogP contribution in [0, 0.1) is 0 Å². The SMILES string of the molecule is CCCc1nc2c(N)nc3c(c2n1CCCCO)CCCC3. The van der Waals surface area contributed by atoms with Crippen LogP contribution in [-0.4, -0.2) is 26.2 Å². The van der Waals surface area contributed by atoms with Crippen LogP contribution in [0.25, 0.3) is 11.0 Å². The molecule has 0 fully saturated rings. The molecule has 5 nitrogen and oxygen atoms in total. The topological polar surface area (TPSA) is 77.0 Å². The molecule has 2 heterocycles. The quantitative estimate of drug-likeness (QED) is 0.804. The highest BCUT2D eigenvalue weighted by Crippen LogP contribution is 2.32. The van der Waals surface area contributed by atoms with E-state index in [2.05, 4.69) is 16.5 Å². The van der Waals surface area contributed by atoms with Gasteiger partial charge in [-0.1, -0.05) is 6.92 Å². The van der Waals surface area contributed by atoms with Gasteiger partial charge in [-0.3, -0.25) is 0 Å². The third-order valence-electron chi connectivity index (χ3n) is 4.53. The number of nitrogens with zero attached hydrogens (tertiary/aromatic N) is 3. The maximum Gasteiger partial charge on any atom is 0.151 e. The van der Waals surface area contributed by atoms with Gasteiger partial charge in [0.2, 0.25) is 0 Å². The minimum atomic E-state index is 0.248. The summed E-state index contributed by atoms with van der Waals surface area (Å²) in [5.74, 6) is 1.69. The van der Waals surface area contributed by atoms with Crippen LogP contribution in [0.5, 0.6) is 0 Å². The lowest BCUT2D eigenvalue weighted by Crippen LogP contribution is -2.11. The molecular weight excluding hydrogens is 276 g/mol. The molecule has 0 aromatic carbocycles. The standard InChI is InChI=1S/C17H26N4O/c1-2-7-14-20-15-16(21(14)10-5-6-11-22)12-8-3-4-9-13(12)19-17(15)18/h22H,2-11H2,1H3,(H2,18,19). The Morgan fingerprint density at radius 1 is 1.18 bits per heavy atom. The second kappa shape index (κ2) is 6.65. The molecule has 0 aliphatic heterocycles. The molecule has 0 radical (unpaired) electrons. The number of fused-ring (bicyclic) bond motifs is 3. The number of imidazole rings is 1. The molecule has 1 aliphatic carbocycles. The fraction of sp³-hybridized carbons (Fsp3) is 0.647. The predicted octanol–water partition coefficient (Wildman–Crippen LogP) is 2.62. The van der Waals surface area contributed by atoms with Crippen LogP contribution in [0.3, 0.4) is 0 Å². The van der Waals surface area contributed by atoms with E-state index in [-0.39, 0.29) is 6.61 Å². The highest BCUT2D eigenvalue weighted by molar-refractivity contribution is 5.89. The van der Waals surface area contributed by atoms with Gasteiger partial charge in [0.05, 0.1) is 5.52 Å². The van der Waals surface area contributed by atoms with E-state index in [9.17, 15) is 0 Å². The Kier molecular flexibility index (Phi) is 4.62. The molecule has 0 bridgehead atoms. The van der Waals surface area contributed by atoms with Gasteiger partial charge in [0.1, 0.15) is 11.3 Å². The van der Waals surface area contributed by atoms with Gasteiger partial charge < -0.3 is 15.4 Å². The van der Waals surface area contributed by atoms with Crippen molar-refractivity contribution in [2.45, 2.75) is 64.8 Å². The van der Waals surface area contributed by atoms with Gasteiger partial charge in [-0.2, -0.15) is 0 Å². The average Bonchev–Trinajstić information content (AvgIpc) is 2.88. The van der Waals surface area contributed by atoms with E-state index in [0.717, 1.165) is 56.4 Å². The second-order valence-corrected chi connectivity index (χ2v) is 6.19. The molecule has 1 aliphatic rings. The number of aromatic nitrogens is 3. The summed E-state index contributed by atoms with van der Waals surface area (Å²) in [4.78, 5) is 9.42. The lowest BCUT2D eigenvalue weighted by molar-refractivity contribution is 0.281. The third-order valence-corrected chi connectivity index (χ3v) is 4.53. The van der Waals surface area contributed by atoms with Gasteiger partial charge in [-0.25, -0.2) is 9.97 Å². The van der Waals surface area contributed by atoms with E-state index in [0.29, 0.717) is 5.82 Å². The molecule has 0 saturated carbocycles. The molecular formula is C17H26N4O. The fourth-order valence-corrected chi connectivity index (χ4v) is 3.49. The predicted molar refractivity (Wildman–Crippen MR) is 88.9 cm³/mol. The lowest BCUT2D eigenvalue weighted by Gasteiger charge is -2.18. The summed E-state index contributed by atoms with van der Waals surface area (Å²) in [5.41, 5.74) is 10.8. The number of anilines is 1. The van der Waals surface area contributed by atoms with Crippen LogP contribution in [0.2, 0.25) is 0 Å². The van der Waals surface area contributed by atoms with E-state index < -0.39 is 0 Å². The largest absolute Gasteiger partial charge is 0.396 e. The van der Waals surface area contributed by atoms with Crippen molar-refractivity contribution < 1.29 is 5.11 Å². The average molecular weight is 302 g/mol. The van der Waals surface area contributed by atoms with Crippen molar-refractivity contribution in [2.75, 3.05) is 12.3 Å². The zero-order valence-corrected chi connectivity index (χ0v) is 13.4. The number of nitrogens with two attached hydrogens (primary N) is 1. The number of aliphatic hydroxyl groups is 1. The van der Waals surface area contributed by atoms with Crippen molar-refractivity contribution in [3.63, 3.8) is 0 Å². The highest BCUT2D eigenvalue weighted by atomic mass is 16.2. The van der Waals surface area contributed by atoms with Crippen LogP contribution in [0.15, 0.2) is 0 Å². The molecule has 2 aromatic heterocycles. The van der Waals surface area contributed by atoms with Gasteiger partial charge in [0.15, 0.2) is 5.82 Å². The fourth-order valence-electron chi connectivity index (χ4n) is 3.49. The summed E-state index contributed by atoms with van der Waals surface area (Å²) in [7, 11) is 0. The van der Waals surface area contributed by atoms with Crippen LogP contribution >= 0.6 is 0 Å². The van der Waals surface area contributed by atoms with Gasteiger partial charge in [0.25, 0.3) is 0 Å². The van der Waals surface area contributed by atoms with E-state index in [1.807, 2.05) is 0 Å². The summed E-state index contributed by atoms with van der Waals surface area (Å²) in [6.07, 6.45) is 8.35. The molecule has 3 N–H and O–H groups in total. The molecule has 2 aromatic rings. The summed E-state index contributed by atoms with van der Waals surface area (Å²) in [6.45, 7) is 3.33. The Bertz CT molecular complexity index is 662. The van der Waals surface area contributed by atoms with Crippen molar-refractivity contribution in [1.82, 2.24) is 14.5 Å². The van der Waals surface area contributed by atoms with Crippen LogP contribution in [0.1, 0.15) is 56.1 Å². The van der Waals surface area contributed by atoms with Gasteiger partial charge in [-0.15, -0.1) is 0 Å². The number of unbranched alkanes of at least 4 members (excludes halogenated alkanes) is 1. The zero-order valence-electron chi connectivity index (χ0n) is 13.4. The van der Waals surface area contributed by atoms with Crippen molar-refractivity contribution in [3.8, 4) is 0 Å². The number of aliphatic hydroxyl groups excluding tert-OH is 1. The van der Waals surface area contributed by atoms with Crippen molar-refractivity contribution >= 4 is 16.9 Å². The van der Waals surface area contributed by atoms with Crippen molar-refractivity contribution in [2.24, 2.45) is 0 Å². The number of pyridine rings is 1. The Hall–Kier alpha value is -1.62. The highest BCUT2D eigenvalue weighted by Gasteiger charge is 2.22. The molecule has 3 rings (SSSR count). The number of aryl methyl sites for hydroxylation is 4. The number of hydrogen-bond acceptors (Lipinski definition) is 4. The monoisotopic (exact) mass is 302 g/mol. The third kappa shape index (κ3) is 2.70. The van der Waals surface area contributed by atoms with Crippen molar-refractivity contribution in [1.29, 1.82) is 0 Å². The van der Waals surface area contributed by atoms with Gasteiger partial charge in [0, 0.05) is 25.3 Å². The van der Waals surface area contributed by atoms with E-state index in [1.54, 1.807) is 0 Å². The maximum absolute atomic E-state index is 9.06. The van der Waals surface area contributed by atoms with Crippen LogP contribution in [0.4, 0.5) is 5.82 Å². The molecule has 5 heteroatoms. The van der Waals surface area contributed by atoms with E-state index >= 15 is 0 Å². The second-order valence-electron chi connectivity index (χ2n) is 6.19. The molecule has 0 saturated heterocycles. The summed E-state index contributed by atoms with van der Waals surface area (Å²) >= 11 is 0.